The van der Waals surface area contributed by atoms with Crippen LogP contribution < -0.4 is 10.1 Å². The Morgan fingerprint density at radius 3 is 2.66 bits per heavy atom. The molecule has 0 spiro atoms. The molecule has 1 amide bonds. The van der Waals surface area contributed by atoms with Crippen LogP contribution in [0.4, 0.5) is 10.1 Å². The number of ether oxygens (including phenoxy) is 1. The summed E-state index contributed by atoms with van der Waals surface area (Å²) < 4.78 is 20.3. The number of nitrogens with one attached hydrogen (secondary N) is 1. The normalized spacial score (nSPS) is 10.5. The average molecular weight is 389 g/mol. The van der Waals surface area contributed by atoms with Crippen molar-refractivity contribution in [2.24, 2.45) is 0 Å². The first kappa shape index (κ1) is 18.3. The zero-order chi connectivity index (χ0) is 20.1. The minimum absolute atomic E-state index is 0.222. The summed E-state index contributed by atoms with van der Waals surface area (Å²) >= 11 is 0. The van der Waals surface area contributed by atoms with Gasteiger partial charge in [0.15, 0.2) is 0 Å². The molecule has 7 nitrogen and oxygen atoms in total. The molecule has 0 bridgehead atoms. The Morgan fingerprint density at radius 2 is 1.86 bits per heavy atom. The summed E-state index contributed by atoms with van der Waals surface area (Å²) in [5.41, 5.74) is 2.50. The lowest BCUT2D eigenvalue weighted by molar-refractivity contribution is 0.102. The fraction of sp³-hybridized carbons (Fsp3) is 0.0476. The van der Waals surface area contributed by atoms with Crippen molar-refractivity contribution in [2.45, 2.75) is 6.61 Å². The van der Waals surface area contributed by atoms with Gasteiger partial charge in [0.05, 0.1) is 11.3 Å². The van der Waals surface area contributed by atoms with Crippen molar-refractivity contribution in [3.8, 4) is 11.4 Å². The van der Waals surface area contributed by atoms with Crippen molar-refractivity contribution in [1.29, 1.82) is 0 Å². The molecule has 1 aromatic heterocycles. The second-order valence-electron chi connectivity index (χ2n) is 6.17. The summed E-state index contributed by atoms with van der Waals surface area (Å²) in [5, 5.41) is 13.9. The Hall–Kier alpha value is -4.07. The van der Waals surface area contributed by atoms with E-state index in [0.717, 1.165) is 5.56 Å². The van der Waals surface area contributed by atoms with Crippen molar-refractivity contribution in [3.63, 3.8) is 0 Å². The number of amides is 1. The second kappa shape index (κ2) is 8.30. The first-order valence-corrected chi connectivity index (χ1v) is 8.80. The maximum absolute atomic E-state index is 13.0. The molecule has 0 aliphatic carbocycles. The third kappa shape index (κ3) is 4.44. The minimum Gasteiger partial charge on any atom is -0.488 e. The number of halogens is 1. The summed E-state index contributed by atoms with van der Waals surface area (Å²) in [6, 6.07) is 20.1. The monoisotopic (exact) mass is 389 g/mol. The van der Waals surface area contributed by atoms with E-state index in [1.807, 2.05) is 6.07 Å². The van der Waals surface area contributed by atoms with Crippen LogP contribution in [0.5, 0.6) is 5.75 Å². The smallest absolute Gasteiger partial charge is 0.259 e. The predicted octanol–water partition coefficient (Wildman–Crippen LogP) is 3.63. The highest BCUT2D eigenvalue weighted by molar-refractivity contribution is 6.06. The van der Waals surface area contributed by atoms with Crippen molar-refractivity contribution >= 4 is 11.6 Å². The van der Waals surface area contributed by atoms with Crippen molar-refractivity contribution in [1.82, 2.24) is 20.2 Å². The van der Waals surface area contributed by atoms with Gasteiger partial charge in [-0.3, -0.25) is 4.79 Å². The number of anilines is 1. The number of rotatable bonds is 6. The Labute approximate surface area is 165 Å². The highest BCUT2D eigenvalue weighted by Gasteiger charge is 2.13. The Bertz CT molecular complexity index is 1110. The highest BCUT2D eigenvalue weighted by atomic mass is 19.1. The van der Waals surface area contributed by atoms with E-state index >= 15 is 0 Å². The van der Waals surface area contributed by atoms with Crippen LogP contribution in [-0.4, -0.2) is 26.1 Å². The molecule has 0 aliphatic rings. The second-order valence-corrected chi connectivity index (χ2v) is 6.17. The van der Waals surface area contributed by atoms with Gasteiger partial charge in [0, 0.05) is 5.69 Å². The maximum atomic E-state index is 13.0. The van der Waals surface area contributed by atoms with Crippen LogP contribution in [0.2, 0.25) is 0 Å². The zero-order valence-corrected chi connectivity index (χ0v) is 15.2. The molecule has 1 N–H and O–H groups in total. The molecule has 0 aliphatic heterocycles. The van der Waals surface area contributed by atoms with Gasteiger partial charge in [-0.25, -0.2) is 9.07 Å². The summed E-state index contributed by atoms with van der Waals surface area (Å²) in [6.07, 6.45) is 1.47. The Balaban J connectivity index is 1.49. The van der Waals surface area contributed by atoms with E-state index in [-0.39, 0.29) is 18.3 Å². The number of para-hydroxylation sites is 1. The van der Waals surface area contributed by atoms with E-state index in [1.165, 1.54) is 23.1 Å². The van der Waals surface area contributed by atoms with Crippen LogP contribution in [0.15, 0.2) is 79.1 Å². The van der Waals surface area contributed by atoms with Gasteiger partial charge in [-0.05, 0) is 58.5 Å². The largest absolute Gasteiger partial charge is 0.488 e. The summed E-state index contributed by atoms with van der Waals surface area (Å²) in [7, 11) is 0. The molecule has 0 fully saturated rings. The van der Waals surface area contributed by atoms with Crippen LogP contribution in [-0.2, 0) is 6.61 Å². The summed E-state index contributed by atoms with van der Waals surface area (Å²) in [5.74, 6) is -0.183. The molecule has 0 atom stereocenters. The third-order valence-corrected chi connectivity index (χ3v) is 4.16. The van der Waals surface area contributed by atoms with Gasteiger partial charge in [0.25, 0.3) is 5.91 Å². The molecule has 29 heavy (non-hydrogen) atoms. The van der Waals surface area contributed by atoms with Gasteiger partial charge in [-0.2, -0.15) is 0 Å². The molecule has 1 heterocycles. The number of benzene rings is 3. The highest BCUT2D eigenvalue weighted by Crippen LogP contribution is 2.22. The molecule has 4 rings (SSSR count). The number of carbonyl (C=O) groups is 1. The Kier molecular flexibility index (Phi) is 5.24. The van der Waals surface area contributed by atoms with Crippen LogP contribution in [0.25, 0.3) is 5.69 Å². The minimum atomic E-state index is -0.312. The molecule has 8 heteroatoms. The van der Waals surface area contributed by atoms with Gasteiger partial charge in [-0.15, -0.1) is 5.10 Å². The predicted molar refractivity (Wildman–Crippen MR) is 104 cm³/mol. The van der Waals surface area contributed by atoms with Gasteiger partial charge < -0.3 is 10.1 Å². The molecule has 0 radical (unpaired) electrons. The number of nitrogens with zero attached hydrogens (tertiary/aromatic N) is 4. The first-order valence-electron chi connectivity index (χ1n) is 8.80. The van der Waals surface area contributed by atoms with Gasteiger partial charge >= 0.3 is 0 Å². The van der Waals surface area contributed by atoms with Gasteiger partial charge in [0.1, 0.15) is 24.5 Å². The summed E-state index contributed by atoms with van der Waals surface area (Å²) in [4.78, 5) is 12.8. The topological polar surface area (TPSA) is 81.9 Å². The van der Waals surface area contributed by atoms with Crippen LogP contribution in [0.3, 0.4) is 0 Å². The van der Waals surface area contributed by atoms with Gasteiger partial charge in [0.2, 0.25) is 0 Å². The first-order chi connectivity index (χ1) is 14.2. The molecular weight excluding hydrogens is 373 g/mol. The number of tetrazole rings is 1. The molecule has 0 saturated heterocycles. The fourth-order valence-corrected chi connectivity index (χ4v) is 2.73. The third-order valence-electron chi connectivity index (χ3n) is 4.16. The lowest BCUT2D eigenvalue weighted by Gasteiger charge is -2.12. The van der Waals surface area contributed by atoms with Crippen molar-refractivity contribution in [2.75, 3.05) is 5.32 Å². The van der Waals surface area contributed by atoms with E-state index in [9.17, 15) is 9.18 Å². The fourth-order valence-electron chi connectivity index (χ4n) is 2.73. The molecule has 4 aromatic rings. The van der Waals surface area contributed by atoms with E-state index < -0.39 is 0 Å². The molecule has 144 valence electrons. The van der Waals surface area contributed by atoms with Crippen LogP contribution in [0.1, 0.15) is 15.9 Å². The Morgan fingerprint density at radius 1 is 1.03 bits per heavy atom. The standard InChI is InChI=1S/C21H16FN5O2/c22-16-10-8-15(9-11-16)13-29-20-7-2-1-6-19(20)21(28)24-17-4-3-5-18(12-17)27-14-23-25-26-27/h1-12,14H,13H2,(H,24,28). The number of hydrogen-bond donors (Lipinski definition) is 1. The number of aromatic nitrogens is 4. The van der Waals surface area contributed by atoms with Gasteiger partial charge in [-0.1, -0.05) is 30.3 Å². The molecular formula is C21H16FN5O2. The zero-order valence-electron chi connectivity index (χ0n) is 15.2. The number of carbonyl (C=O) groups excluding carboxylic acids is 1. The van der Waals surface area contributed by atoms with Crippen molar-refractivity contribution < 1.29 is 13.9 Å². The van der Waals surface area contributed by atoms with E-state index in [0.29, 0.717) is 22.7 Å². The molecule has 3 aromatic carbocycles. The van der Waals surface area contributed by atoms with E-state index in [1.54, 1.807) is 54.6 Å². The van der Waals surface area contributed by atoms with Crippen LogP contribution in [0, 0.1) is 5.82 Å². The quantitative estimate of drug-likeness (QED) is 0.545. The van der Waals surface area contributed by atoms with E-state index in [2.05, 4.69) is 20.8 Å². The maximum Gasteiger partial charge on any atom is 0.259 e. The van der Waals surface area contributed by atoms with E-state index in [4.69, 9.17) is 4.74 Å². The lowest BCUT2D eigenvalue weighted by atomic mass is 10.1. The summed E-state index contributed by atoms with van der Waals surface area (Å²) in [6.45, 7) is 0.222. The molecule has 0 saturated carbocycles. The lowest BCUT2D eigenvalue weighted by Crippen LogP contribution is -2.14. The SMILES string of the molecule is O=C(Nc1cccc(-n2cnnn2)c1)c1ccccc1OCc1ccc(F)cc1. The molecule has 0 unspecified atom stereocenters. The number of hydrogen-bond acceptors (Lipinski definition) is 5. The van der Waals surface area contributed by atoms with Crippen LogP contribution >= 0.6 is 0 Å². The average Bonchev–Trinajstić information content (AvgIpc) is 3.29. The van der Waals surface area contributed by atoms with Crippen molar-refractivity contribution in [3.05, 3.63) is 96.1 Å².